The van der Waals surface area contributed by atoms with Crippen LogP contribution in [0, 0.1) is 0 Å². The molecule has 1 aliphatic rings. The van der Waals surface area contributed by atoms with E-state index < -0.39 is 0 Å². The molecule has 1 heterocycles. The maximum absolute atomic E-state index is 3.70. The molecule has 94 valence electrons. The number of H-pyrrole nitrogens is 1. The minimum atomic E-state index is 0.225. The SMILES string of the molecule is CCc1[nH][c]([Ru][C]2=CC=CC2)c(CC)c1CC. The summed E-state index contributed by atoms with van der Waals surface area (Å²) < 4.78 is 3.17. The van der Waals surface area contributed by atoms with E-state index in [0.29, 0.717) is 0 Å². The van der Waals surface area contributed by atoms with Crippen LogP contribution >= 0.6 is 0 Å². The van der Waals surface area contributed by atoms with Crippen LogP contribution in [0.4, 0.5) is 0 Å². The Hall–Kier alpha value is -0.617. The van der Waals surface area contributed by atoms with Gasteiger partial charge in [-0.15, -0.1) is 0 Å². The first kappa shape index (κ1) is 12.8. The summed E-state index contributed by atoms with van der Waals surface area (Å²) >= 11 is 0.225. The quantitative estimate of drug-likeness (QED) is 0.803. The fourth-order valence-electron chi connectivity index (χ4n) is 2.35. The summed E-state index contributed by atoms with van der Waals surface area (Å²) in [4.78, 5) is 3.70. The van der Waals surface area contributed by atoms with Crippen molar-refractivity contribution in [2.24, 2.45) is 0 Å². The molecule has 1 aliphatic carbocycles. The number of hydrogen-bond donors (Lipinski definition) is 1. The third-order valence-electron chi connectivity index (χ3n) is 3.22. The summed E-state index contributed by atoms with van der Waals surface area (Å²) in [5.74, 6) is 0. The van der Waals surface area contributed by atoms with Gasteiger partial charge < -0.3 is 0 Å². The predicted molar refractivity (Wildman–Crippen MR) is 70.4 cm³/mol. The molecule has 0 fully saturated rings. The predicted octanol–water partition coefficient (Wildman–Crippen LogP) is 3.25. The summed E-state index contributed by atoms with van der Waals surface area (Å²) in [6, 6.07) is 0. The topological polar surface area (TPSA) is 15.8 Å². The van der Waals surface area contributed by atoms with Crippen molar-refractivity contribution in [3.63, 3.8) is 0 Å². The van der Waals surface area contributed by atoms with Gasteiger partial charge in [0.2, 0.25) is 0 Å². The van der Waals surface area contributed by atoms with Crippen LogP contribution in [0.3, 0.4) is 0 Å². The molecule has 0 unspecified atom stereocenters. The Bertz CT molecular complexity index is 452. The van der Waals surface area contributed by atoms with Gasteiger partial charge in [0.05, 0.1) is 0 Å². The zero-order chi connectivity index (χ0) is 12.3. The second kappa shape index (κ2) is 5.82. The number of rotatable bonds is 5. The molecule has 1 aromatic heterocycles. The van der Waals surface area contributed by atoms with Gasteiger partial charge in [-0.2, -0.15) is 0 Å². The van der Waals surface area contributed by atoms with Crippen LogP contribution in [0.1, 0.15) is 44.0 Å². The summed E-state index contributed by atoms with van der Waals surface area (Å²) in [7, 11) is 0. The third kappa shape index (κ3) is 2.63. The summed E-state index contributed by atoms with van der Waals surface area (Å²) in [6.07, 6.45) is 11.4. The van der Waals surface area contributed by atoms with Crippen molar-refractivity contribution >= 4 is 4.29 Å². The summed E-state index contributed by atoms with van der Waals surface area (Å²) in [6.45, 7) is 6.81. The Labute approximate surface area is 112 Å². The molecule has 2 heteroatoms. The van der Waals surface area contributed by atoms with Crippen LogP contribution in [-0.2, 0) is 36.4 Å². The molecule has 0 bridgehead atoms. The fraction of sp³-hybridized carbons (Fsp3) is 0.467. The number of allylic oxidation sites excluding steroid dienone is 4. The maximum atomic E-state index is 3.70. The molecule has 17 heavy (non-hydrogen) atoms. The molecule has 0 aromatic carbocycles. The van der Waals surface area contributed by atoms with Gasteiger partial charge in [0.1, 0.15) is 0 Å². The van der Waals surface area contributed by atoms with Gasteiger partial charge in [0, 0.05) is 0 Å². The first-order valence-corrected chi connectivity index (χ1v) is 8.24. The zero-order valence-electron chi connectivity index (χ0n) is 10.9. The van der Waals surface area contributed by atoms with E-state index in [2.05, 4.69) is 44.0 Å². The molecule has 1 N–H and O–H groups in total. The first-order valence-electron chi connectivity index (χ1n) is 6.50. The van der Waals surface area contributed by atoms with Gasteiger partial charge in [-0.05, 0) is 0 Å². The Morgan fingerprint density at radius 1 is 1.12 bits per heavy atom. The molecular weight excluding hydrogens is 295 g/mol. The van der Waals surface area contributed by atoms with Gasteiger partial charge in [0.15, 0.2) is 0 Å². The van der Waals surface area contributed by atoms with Crippen LogP contribution in [0.25, 0.3) is 0 Å². The van der Waals surface area contributed by atoms with Crippen molar-refractivity contribution in [3.05, 3.63) is 39.2 Å². The van der Waals surface area contributed by atoms with Crippen molar-refractivity contribution in [3.8, 4) is 0 Å². The number of hydrogen-bond acceptors (Lipinski definition) is 0. The minimum absolute atomic E-state index is 0.225. The van der Waals surface area contributed by atoms with E-state index in [0.717, 1.165) is 6.42 Å². The Morgan fingerprint density at radius 2 is 1.88 bits per heavy atom. The first-order chi connectivity index (χ1) is 8.30. The molecule has 0 atom stereocenters. The van der Waals surface area contributed by atoms with Crippen LogP contribution in [0.15, 0.2) is 22.4 Å². The Morgan fingerprint density at radius 3 is 2.41 bits per heavy atom. The van der Waals surface area contributed by atoms with Crippen molar-refractivity contribution in [1.29, 1.82) is 0 Å². The second-order valence-corrected chi connectivity index (χ2v) is 6.66. The van der Waals surface area contributed by atoms with Crippen molar-refractivity contribution in [1.82, 2.24) is 4.98 Å². The molecule has 2 rings (SSSR count). The molecule has 0 saturated heterocycles. The van der Waals surface area contributed by atoms with E-state index in [9.17, 15) is 0 Å². The molecule has 0 saturated carbocycles. The van der Waals surface area contributed by atoms with E-state index in [-0.39, 0.29) is 17.1 Å². The summed E-state index contributed by atoms with van der Waals surface area (Å²) in [5.41, 5.74) is 4.67. The fourth-order valence-corrected chi connectivity index (χ4v) is 4.81. The van der Waals surface area contributed by atoms with Crippen LogP contribution < -0.4 is 4.29 Å². The van der Waals surface area contributed by atoms with Crippen LogP contribution in [0.5, 0.6) is 0 Å². The van der Waals surface area contributed by atoms with E-state index in [4.69, 9.17) is 0 Å². The Balaban J connectivity index is 2.29. The van der Waals surface area contributed by atoms with Gasteiger partial charge in [-0.3, -0.25) is 0 Å². The Kier molecular flexibility index (Phi) is 4.39. The molecule has 1 aromatic rings. The standard InChI is InChI=1S/C10H16N.C5H5.Ru/c1-4-8-7-11-10(6-3)9(8)5-2;1-2-4-5-3-1;/h11H,4-6H2,1-3H3;1-3H,4H2;. The van der Waals surface area contributed by atoms with E-state index in [1.54, 1.807) is 19.6 Å². The van der Waals surface area contributed by atoms with E-state index in [1.807, 2.05) is 0 Å². The molecule has 0 radical (unpaired) electrons. The van der Waals surface area contributed by atoms with Gasteiger partial charge in [-0.25, -0.2) is 0 Å². The number of nitrogens with one attached hydrogen (secondary N) is 1. The molecular formula is C15H21NRu. The van der Waals surface area contributed by atoms with Crippen molar-refractivity contribution < 1.29 is 17.1 Å². The monoisotopic (exact) mass is 317 g/mol. The average Bonchev–Trinajstić information content (AvgIpc) is 2.96. The molecule has 1 nitrogen and oxygen atoms in total. The van der Waals surface area contributed by atoms with Gasteiger partial charge >= 0.3 is 112 Å². The van der Waals surface area contributed by atoms with E-state index >= 15 is 0 Å². The number of aryl methyl sites for hydroxylation is 1. The second-order valence-electron chi connectivity index (χ2n) is 4.24. The number of aromatic amines is 1. The molecule has 0 amide bonds. The number of aromatic nitrogens is 1. The van der Waals surface area contributed by atoms with Crippen LogP contribution in [0.2, 0.25) is 0 Å². The molecule has 0 spiro atoms. The van der Waals surface area contributed by atoms with Crippen LogP contribution in [-0.4, -0.2) is 4.98 Å². The normalized spacial score (nSPS) is 14.6. The average molecular weight is 316 g/mol. The van der Waals surface area contributed by atoms with Gasteiger partial charge in [0.25, 0.3) is 0 Å². The van der Waals surface area contributed by atoms with Gasteiger partial charge in [-0.1, -0.05) is 0 Å². The van der Waals surface area contributed by atoms with Crippen molar-refractivity contribution in [2.45, 2.75) is 46.5 Å². The van der Waals surface area contributed by atoms with Crippen molar-refractivity contribution in [2.75, 3.05) is 0 Å². The van der Waals surface area contributed by atoms with E-state index in [1.165, 1.54) is 25.0 Å². The summed E-state index contributed by atoms with van der Waals surface area (Å²) in [5, 5.41) is 0. The zero-order valence-corrected chi connectivity index (χ0v) is 12.7. The molecule has 0 aliphatic heterocycles. The third-order valence-corrected chi connectivity index (χ3v) is 5.60.